The highest BCUT2D eigenvalue weighted by atomic mass is 35.5. The summed E-state index contributed by atoms with van der Waals surface area (Å²) < 4.78 is 27.0. The SMILES string of the molecule is CC(C)N1CC(NS(=O)(=O)c2cccc(Cl)c2)CC1=O. The number of benzene rings is 1. The molecule has 1 aromatic carbocycles. The van der Waals surface area contributed by atoms with Gasteiger partial charge in [0.25, 0.3) is 0 Å². The van der Waals surface area contributed by atoms with Crippen LogP contribution in [0.3, 0.4) is 0 Å². The molecule has 0 aliphatic carbocycles. The number of nitrogens with one attached hydrogen (secondary N) is 1. The molecule has 1 fully saturated rings. The zero-order valence-electron chi connectivity index (χ0n) is 11.3. The van der Waals surface area contributed by atoms with E-state index in [2.05, 4.69) is 4.72 Å². The quantitative estimate of drug-likeness (QED) is 0.918. The fraction of sp³-hybridized carbons (Fsp3) is 0.462. The predicted molar refractivity (Wildman–Crippen MR) is 77.0 cm³/mol. The molecule has 0 radical (unpaired) electrons. The number of rotatable bonds is 4. The third-order valence-electron chi connectivity index (χ3n) is 3.21. The van der Waals surface area contributed by atoms with Crippen LogP contribution in [-0.2, 0) is 14.8 Å². The maximum absolute atomic E-state index is 12.2. The second-order valence-electron chi connectivity index (χ2n) is 5.12. The fourth-order valence-corrected chi connectivity index (χ4v) is 3.76. The average Bonchev–Trinajstić information content (AvgIpc) is 2.69. The van der Waals surface area contributed by atoms with Gasteiger partial charge in [-0.1, -0.05) is 17.7 Å². The molecule has 1 aliphatic rings. The van der Waals surface area contributed by atoms with Crippen molar-refractivity contribution in [2.45, 2.75) is 37.2 Å². The van der Waals surface area contributed by atoms with Crippen molar-refractivity contribution in [3.8, 4) is 0 Å². The van der Waals surface area contributed by atoms with Crippen LogP contribution in [0.1, 0.15) is 20.3 Å². The van der Waals surface area contributed by atoms with Gasteiger partial charge in [0.2, 0.25) is 15.9 Å². The Balaban J connectivity index is 2.12. The Labute approximate surface area is 124 Å². The monoisotopic (exact) mass is 316 g/mol. The summed E-state index contributed by atoms with van der Waals surface area (Å²) in [6.45, 7) is 4.22. The molecule has 7 heteroatoms. The topological polar surface area (TPSA) is 66.5 Å². The minimum Gasteiger partial charge on any atom is -0.339 e. The van der Waals surface area contributed by atoms with Gasteiger partial charge >= 0.3 is 0 Å². The lowest BCUT2D eigenvalue weighted by Gasteiger charge is -2.21. The standard InChI is InChI=1S/C13H17ClN2O3S/c1-9(2)16-8-11(7-13(16)17)15-20(18,19)12-5-3-4-10(14)6-12/h3-6,9,11,15H,7-8H2,1-2H3. The van der Waals surface area contributed by atoms with Gasteiger partial charge in [0.1, 0.15) is 0 Å². The maximum Gasteiger partial charge on any atom is 0.240 e. The summed E-state index contributed by atoms with van der Waals surface area (Å²) in [7, 11) is -3.65. The average molecular weight is 317 g/mol. The van der Waals surface area contributed by atoms with Crippen molar-refractivity contribution < 1.29 is 13.2 Å². The molecule has 0 bridgehead atoms. The number of halogens is 1. The summed E-state index contributed by atoms with van der Waals surface area (Å²) in [4.78, 5) is 13.6. The normalized spacial score (nSPS) is 19.9. The van der Waals surface area contributed by atoms with E-state index in [9.17, 15) is 13.2 Å². The third-order valence-corrected chi connectivity index (χ3v) is 4.96. The van der Waals surface area contributed by atoms with Crippen LogP contribution in [0.2, 0.25) is 5.02 Å². The Hall–Kier alpha value is -1.11. The van der Waals surface area contributed by atoms with E-state index in [-0.39, 0.29) is 23.3 Å². The lowest BCUT2D eigenvalue weighted by molar-refractivity contribution is -0.129. The molecule has 0 aromatic heterocycles. The van der Waals surface area contributed by atoms with Crippen LogP contribution in [-0.4, -0.2) is 37.9 Å². The summed E-state index contributed by atoms with van der Waals surface area (Å²) in [5, 5.41) is 0.360. The van der Waals surface area contributed by atoms with Crippen molar-refractivity contribution >= 4 is 27.5 Å². The summed E-state index contributed by atoms with van der Waals surface area (Å²) in [6.07, 6.45) is 0.192. The third kappa shape index (κ3) is 3.31. The molecule has 110 valence electrons. The molecule has 0 saturated carbocycles. The van der Waals surface area contributed by atoms with Crippen molar-refractivity contribution in [2.75, 3.05) is 6.54 Å². The molecule has 1 heterocycles. The maximum atomic E-state index is 12.2. The van der Waals surface area contributed by atoms with E-state index in [1.165, 1.54) is 12.1 Å². The van der Waals surface area contributed by atoms with Gasteiger partial charge < -0.3 is 4.90 Å². The number of nitrogens with zero attached hydrogens (tertiary/aromatic N) is 1. The van der Waals surface area contributed by atoms with E-state index < -0.39 is 16.1 Å². The molecule has 20 heavy (non-hydrogen) atoms. The molecule has 1 aliphatic heterocycles. The van der Waals surface area contributed by atoms with Gasteiger partial charge in [0.15, 0.2) is 0 Å². The second-order valence-corrected chi connectivity index (χ2v) is 7.27. The Bertz CT molecular complexity index is 616. The summed E-state index contributed by atoms with van der Waals surface area (Å²) in [5.74, 6) is -0.0289. The van der Waals surface area contributed by atoms with Crippen molar-refractivity contribution in [3.63, 3.8) is 0 Å². The molecule has 1 aromatic rings. The van der Waals surface area contributed by atoms with Gasteiger partial charge in [-0.3, -0.25) is 4.79 Å². The molecule has 5 nitrogen and oxygen atoms in total. The first-order valence-electron chi connectivity index (χ1n) is 6.37. The second kappa shape index (κ2) is 5.71. The first-order chi connectivity index (χ1) is 9.29. The van der Waals surface area contributed by atoms with Gasteiger partial charge in [-0.15, -0.1) is 0 Å². The summed E-state index contributed by atoms with van der Waals surface area (Å²) in [5.41, 5.74) is 0. The van der Waals surface area contributed by atoms with Crippen LogP contribution < -0.4 is 4.72 Å². The summed E-state index contributed by atoms with van der Waals surface area (Å²) >= 11 is 5.80. The number of sulfonamides is 1. The Morgan fingerprint density at radius 2 is 2.10 bits per heavy atom. The molecule has 1 saturated heterocycles. The van der Waals surface area contributed by atoms with E-state index in [0.29, 0.717) is 11.6 Å². The van der Waals surface area contributed by atoms with E-state index in [1.807, 2.05) is 13.8 Å². The number of hydrogen-bond acceptors (Lipinski definition) is 3. The Morgan fingerprint density at radius 3 is 2.65 bits per heavy atom. The molecule has 1 unspecified atom stereocenters. The zero-order chi connectivity index (χ0) is 14.9. The highest BCUT2D eigenvalue weighted by Crippen LogP contribution is 2.19. The van der Waals surface area contributed by atoms with Crippen LogP contribution in [0.4, 0.5) is 0 Å². The van der Waals surface area contributed by atoms with E-state index in [1.54, 1.807) is 17.0 Å². The number of likely N-dealkylation sites (tertiary alicyclic amines) is 1. The number of carbonyl (C=O) groups excluding carboxylic acids is 1. The van der Waals surface area contributed by atoms with Crippen molar-refractivity contribution in [1.29, 1.82) is 0 Å². The molecule has 1 atom stereocenters. The van der Waals surface area contributed by atoms with Gasteiger partial charge in [0.05, 0.1) is 4.90 Å². The van der Waals surface area contributed by atoms with Crippen LogP contribution in [0.15, 0.2) is 29.2 Å². The first kappa shape index (κ1) is 15.3. The van der Waals surface area contributed by atoms with Gasteiger partial charge in [-0.2, -0.15) is 0 Å². The van der Waals surface area contributed by atoms with Crippen molar-refractivity contribution in [1.82, 2.24) is 9.62 Å². The molecular formula is C13H17ClN2O3S. The zero-order valence-corrected chi connectivity index (χ0v) is 12.9. The molecule has 1 N–H and O–H groups in total. The van der Waals surface area contributed by atoms with Crippen LogP contribution >= 0.6 is 11.6 Å². The van der Waals surface area contributed by atoms with Gasteiger partial charge in [-0.25, -0.2) is 13.1 Å². The Morgan fingerprint density at radius 1 is 1.40 bits per heavy atom. The van der Waals surface area contributed by atoms with Gasteiger partial charge in [0, 0.05) is 30.1 Å². The van der Waals surface area contributed by atoms with Crippen LogP contribution in [0.5, 0.6) is 0 Å². The van der Waals surface area contributed by atoms with E-state index >= 15 is 0 Å². The van der Waals surface area contributed by atoms with E-state index in [4.69, 9.17) is 11.6 Å². The molecule has 0 spiro atoms. The van der Waals surface area contributed by atoms with Crippen LogP contribution in [0.25, 0.3) is 0 Å². The van der Waals surface area contributed by atoms with Gasteiger partial charge in [-0.05, 0) is 32.0 Å². The smallest absolute Gasteiger partial charge is 0.240 e. The number of carbonyl (C=O) groups is 1. The Kier molecular flexibility index (Phi) is 4.36. The van der Waals surface area contributed by atoms with Crippen LogP contribution in [0, 0.1) is 0 Å². The van der Waals surface area contributed by atoms with Crippen molar-refractivity contribution in [2.24, 2.45) is 0 Å². The lowest BCUT2D eigenvalue weighted by Crippen LogP contribution is -2.38. The number of hydrogen-bond donors (Lipinski definition) is 1. The summed E-state index contributed by atoms with van der Waals surface area (Å²) in [6, 6.07) is 5.74. The minimum absolute atomic E-state index is 0.0289. The first-order valence-corrected chi connectivity index (χ1v) is 8.23. The number of amides is 1. The molecule has 1 amide bonds. The lowest BCUT2D eigenvalue weighted by atomic mass is 10.3. The predicted octanol–water partition coefficient (Wildman–Crippen LogP) is 1.63. The fourth-order valence-electron chi connectivity index (χ4n) is 2.23. The van der Waals surface area contributed by atoms with Crippen molar-refractivity contribution in [3.05, 3.63) is 29.3 Å². The molecular weight excluding hydrogens is 300 g/mol. The molecule has 2 rings (SSSR count). The van der Waals surface area contributed by atoms with E-state index in [0.717, 1.165) is 0 Å². The highest BCUT2D eigenvalue weighted by molar-refractivity contribution is 7.89. The highest BCUT2D eigenvalue weighted by Gasteiger charge is 2.33. The minimum atomic E-state index is -3.65. The largest absolute Gasteiger partial charge is 0.339 e.